The zero-order valence-corrected chi connectivity index (χ0v) is 46.1. The fourth-order valence-corrected chi connectivity index (χ4v) is 8.55. The van der Waals surface area contributed by atoms with Gasteiger partial charge in [0.1, 0.15) is 18.8 Å². The van der Waals surface area contributed by atoms with Gasteiger partial charge in [0, 0.05) is 19.3 Å². The van der Waals surface area contributed by atoms with Crippen molar-refractivity contribution in [3.63, 3.8) is 0 Å². The topological polar surface area (TPSA) is 175 Å². The Morgan fingerprint density at radius 2 is 0.863 bits per heavy atom. The van der Waals surface area contributed by atoms with Crippen LogP contribution in [0.15, 0.2) is 60.8 Å². The summed E-state index contributed by atoms with van der Waals surface area (Å²) in [6.45, 7) is 5.83. The molecule has 420 valence electrons. The molecule has 0 aromatic carbocycles. The lowest BCUT2D eigenvalue weighted by Gasteiger charge is -2.40. The van der Waals surface area contributed by atoms with E-state index in [1.165, 1.54) is 57.8 Å². The lowest BCUT2D eigenvalue weighted by Crippen LogP contribution is -2.61. The quantitative estimate of drug-likeness (QED) is 0.0228. The van der Waals surface area contributed by atoms with E-state index in [0.29, 0.717) is 19.3 Å². The van der Waals surface area contributed by atoms with Crippen molar-refractivity contribution in [1.82, 2.24) is 0 Å². The van der Waals surface area contributed by atoms with Gasteiger partial charge in [0.25, 0.3) is 0 Å². The molecule has 0 aromatic heterocycles. The van der Waals surface area contributed by atoms with Gasteiger partial charge >= 0.3 is 23.9 Å². The van der Waals surface area contributed by atoms with Crippen molar-refractivity contribution in [2.45, 2.75) is 289 Å². The van der Waals surface area contributed by atoms with Crippen molar-refractivity contribution in [2.24, 2.45) is 0 Å². The van der Waals surface area contributed by atoms with Crippen LogP contribution in [0.3, 0.4) is 0 Å². The predicted octanol–water partition coefficient (Wildman–Crippen LogP) is 14.8. The second-order valence-electron chi connectivity index (χ2n) is 19.9. The molecule has 0 amide bonds. The minimum atomic E-state index is -1.91. The molecule has 12 heteroatoms. The van der Waals surface area contributed by atoms with E-state index >= 15 is 0 Å². The van der Waals surface area contributed by atoms with Crippen LogP contribution < -0.4 is 0 Å². The molecule has 0 spiro atoms. The third-order valence-electron chi connectivity index (χ3n) is 13.0. The molecule has 0 bridgehead atoms. The molecular formula is C61H104O12. The molecule has 1 aliphatic rings. The summed E-state index contributed by atoms with van der Waals surface area (Å²) in [5.41, 5.74) is 0. The molecule has 6 unspecified atom stereocenters. The minimum absolute atomic E-state index is 0.0483. The Morgan fingerprint density at radius 1 is 0.466 bits per heavy atom. The maximum Gasteiger partial charge on any atom is 0.335 e. The summed E-state index contributed by atoms with van der Waals surface area (Å²) in [6.07, 6.45) is 47.6. The van der Waals surface area contributed by atoms with E-state index in [2.05, 4.69) is 81.5 Å². The maximum absolute atomic E-state index is 13.1. The number of carboxylic acid groups (broad SMARTS) is 1. The van der Waals surface area contributed by atoms with Crippen LogP contribution >= 0.6 is 0 Å². The summed E-state index contributed by atoms with van der Waals surface area (Å²) in [6, 6.07) is 0. The number of aliphatic hydroxyl groups excluding tert-OH is 2. The van der Waals surface area contributed by atoms with E-state index in [4.69, 9.17) is 23.7 Å². The lowest BCUT2D eigenvalue weighted by atomic mass is 9.98. The molecule has 1 aliphatic heterocycles. The van der Waals surface area contributed by atoms with Gasteiger partial charge in [0.15, 0.2) is 24.6 Å². The zero-order valence-electron chi connectivity index (χ0n) is 46.1. The van der Waals surface area contributed by atoms with Crippen LogP contribution in [0.5, 0.6) is 0 Å². The van der Waals surface area contributed by atoms with E-state index in [-0.39, 0.29) is 25.9 Å². The summed E-state index contributed by atoms with van der Waals surface area (Å²) >= 11 is 0. The normalized spacial score (nSPS) is 18.7. The monoisotopic (exact) mass is 1030 g/mol. The lowest BCUT2D eigenvalue weighted by molar-refractivity contribution is -0.301. The number of allylic oxidation sites excluding steroid dienone is 10. The molecule has 0 aromatic rings. The SMILES string of the molecule is CC/C=C\C/C=C\C/C=C\CCCCCCCCCC(=O)OCC(COC1OC(C(=O)O)C(O)C(O)C1OC(=O)CCCCCCC/C=C\CCCCCC)OC(=O)CCCCCCC/C=C\CCCCCC. The van der Waals surface area contributed by atoms with E-state index < -0.39 is 67.3 Å². The standard InChI is InChI=1S/C61H104O12/c1-4-7-10-13-16-19-22-25-26-27-28-31-32-35-38-41-44-47-53(62)69-50-52(71-54(63)48-45-42-39-36-33-29-23-20-17-14-11-8-5-2)51-70-61-59(57(66)56(65)58(73-61)60(67)68)72-55(64)49-46-43-40-37-34-30-24-21-18-15-12-9-6-3/h7,10,16,19-21,23-26,52,56-59,61,65-66H,4-6,8-9,11-15,17-18,22,27-51H2,1-3H3,(H,67,68)/b10-7-,19-16-,23-20-,24-21-,26-25-. The summed E-state index contributed by atoms with van der Waals surface area (Å²) in [4.78, 5) is 51.1. The highest BCUT2D eigenvalue weighted by Crippen LogP contribution is 2.26. The van der Waals surface area contributed by atoms with Gasteiger partial charge < -0.3 is 39.0 Å². The van der Waals surface area contributed by atoms with Gasteiger partial charge in [-0.3, -0.25) is 14.4 Å². The predicted molar refractivity (Wildman–Crippen MR) is 294 cm³/mol. The van der Waals surface area contributed by atoms with Crippen molar-refractivity contribution >= 4 is 23.9 Å². The number of aliphatic carboxylic acids is 1. The Kier molecular flexibility index (Phi) is 45.5. The fraction of sp³-hybridized carbons (Fsp3) is 0.770. The minimum Gasteiger partial charge on any atom is -0.479 e. The molecule has 1 fully saturated rings. The molecule has 12 nitrogen and oxygen atoms in total. The first-order chi connectivity index (χ1) is 35.6. The molecule has 0 saturated carbocycles. The molecule has 6 atom stereocenters. The Labute approximate surface area is 443 Å². The van der Waals surface area contributed by atoms with Crippen LogP contribution in [-0.2, 0) is 42.9 Å². The third-order valence-corrected chi connectivity index (χ3v) is 13.0. The highest BCUT2D eigenvalue weighted by Gasteiger charge is 2.50. The Hall–Kier alpha value is -3.58. The molecule has 1 saturated heterocycles. The first-order valence-corrected chi connectivity index (χ1v) is 29.3. The van der Waals surface area contributed by atoms with Gasteiger partial charge in [-0.25, -0.2) is 4.79 Å². The zero-order chi connectivity index (χ0) is 53.3. The van der Waals surface area contributed by atoms with Crippen molar-refractivity contribution in [3.8, 4) is 0 Å². The van der Waals surface area contributed by atoms with Gasteiger partial charge in [0.2, 0.25) is 0 Å². The van der Waals surface area contributed by atoms with Crippen molar-refractivity contribution < 1.29 is 58.2 Å². The van der Waals surface area contributed by atoms with Crippen LogP contribution in [0.1, 0.15) is 252 Å². The second kappa shape index (κ2) is 49.3. The largest absolute Gasteiger partial charge is 0.479 e. The van der Waals surface area contributed by atoms with Crippen LogP contribution in [0.25, 0.3) is 0 Å². The van der Waals surface area contributed by atoms with Gasteiger partial charge in [-0.2, -0.15) is 0 Å². The van der Waals surface area contributed by atoms with E-state index in [1.54, 1.807) is 0 Å². The van der Waals surface area contributed by atoms with Gasteiger partial charge in [-0.15, -0.1) is 0 Å². The molecule has 1 rings (SSSR count). The molecule has 0 radical (unpaired) electrons. The smallest absolute Gasteiger partial charge is 0.335 e. The van der Waals surface area contributed by atoms with Crippen LogP contribution in [0.4, 0.5) is 0 Å². The van der Waals surface area contributed by atoms with Crippen LogP contribution in [-0.4, -0.2) is 89.2 Å². The van der Waals surface area contributed by atoms with Gasteiger partial charge in [-0.1, -0.05) is 191 Å². The molecule has 1 heterocycles. The molecule has 73 heavy (non-hydrogen) atoms. The molecule has 3 N–H and O–H groups in total. The second-order valence-corrected chi connectivity index (χ2v) is 19.9. The number of carbonyl (C=O) groups is 4. The number of aliphatic hydroxyl groups is 2. The van der Waals surface area contributed by atoms with E-state index in [0.717, 1.165) is 135 Å². The fourth-order valence-electron chi connectivity index (χ4n) is 8.55. The first kappa shape index (κ1) is 67.4. The van der Waals surface area contributed by atoms with Gasteiger partial charge in [0.05, 0.1) is 6.61 Å². The molecular weight excluding hydrogens is 925 g/mol. The Bertz CT molecular complexity index is 1500. The number of hydrogen-bond donors (Lipinski definition) is 3. The van der Waals surface area contributed by atoms with Crippen molar-refractivity contribution in [2.75, 3.05) is 13.2 Å². The summed E-state index contributed by atoms with van der Waals surface area (Å²) in [7, 11) is 0. The van der Waals surface area contributed by atoms with Crippen molar-refractivity contribution in [1.29, 1.82) is 0 Å². The average Bonchev–Trinajstić information content (AvgIpc) is 3.37. The maximum atomic E-state index is 13.1. The number of ether oxygens (including phenoxy) is 5. The van der Waals surface area contributed by atoms with Crippen molar-refractivity contribution in [3.05, 3.63) is 60.8 Å². The Morgan fingerprint density at radius 3 is 1.33 bits per heavy atom. The summed E-state index contributed by atoms with van der Waals surface area (Å²) < 4.78 is 28.4. The molecule has 0 aliphatic carbocycles. The van der Waals surface area contributed by atoms with Gasteiger partial charge in [-0.05, 0) is 103 Å². The highest BCUT2D eigenvalue weighted by atomic mass is 16.7. The Balaban J connectivity index is 2.70. The van der Waals surface area contributed by atoms with Crippen LogP contribution in [0, 0.1) is 0 Å². The summed E-state index contributed by atoms with van der Waals surface area (Å²) in [5, 5.41) is 31.4. The number of hydrogen-bond acceptors (Lipinski definition) is 11. The highest BCUT2D eigenvalue weighted by molar-refractivity contribution is 5.74. The average molecular weight is 1030 g/mol. The first-order valence-electron chi connectivity index (χ1n) is 29.3. The number of rotatable bonds is 49. The number of esters is 3. The summed E-state index contributed by atoms with van der Waals surface area (Å²) in [5.74, 6) is -3.15. The number of carboxylic acids is 1. The third kappa shape index (κ3) is 39.5. The number of unbranched alkanes of at least 4 members (excludes halogenated alkanes) is 25. The van der Waals surface area contributed by atoms with E-state index in [1.807, 2.05) is 0 Å². The van der Waals surface area contributed by atoms with E-state index in [9.17, 15) is 34.5 Å². The van der Waals surface area contributed by atoms with Crippen LogP contribution in [0.2, 0.25) is 0 Å². The number of carbonyl (C=O) groups excluding carboxylic acids is 3.